The fourth-order valence-corrected chi connectivity index (χ4v) is 3.87. The van der Waals surface area contributed by atoms with Crippen LogP contribution >= 0.6 is 15.9 Å². The van der Waals surface area contributed by atoms with Gasteiger partial charge in [0, 0.05) is 46.4 Å². The van der Waals surface area contributed by atoms with Crippen molar-refractivity contribution in [3.63, 3.8) is 0 Å². The summed E-state index contributed by atoms with van der Waals surface area (Å²) < 4.78 is 23.4. The fraction of sp³-hybridized carbons (Fsp3) is 0.333. The molecule has 1 saturated heterocycles. The van der Waals surface area contributed by atoms with Crippen molar-refractivity contribution in [2.24, 2.45) is 0 Å². The molecule has 6 heteroatoms. The molecule has 0 amide bonds. The molecule has 33 heavy (non-hydrogen) atoms. The first kappa shape index (κ1) is 25.4. The summed E-state index contributed by atoms with van der Waals surface area (Å²) in [6.45, 7) is 7.81. The quantitative estimate of drug-likeness (QED) is 0.289. The average Bonchev–Trinajstić information content (AvgIpc) is 3.41. The number of hydrogen-bond acceptors (Lipinski definition) is 5. The van der Waals surface area contributed by atoms with E-state index in [1.165, 1.54) is 0 Å². The highest BCUT2D eigenvalue weighted by molar-refractivity contribution is 9.10. The molecule has 1 aliphatic heterocycles. The van der Waals surface area contributed by atoms with Gasteiger partial charge in [0.15, 0.2) is 12.6 Å². The van der Waals surface area contributed by atoms with Crippen molar-refractivity contribution >= 4 is 33.0 Å². The van der Waals surface area contributed by atoms with E-state index in [2.05, 4.69) is 69.4 Å². The molecule has 4 rings (SSSR count). The van der Waals surface area contributed by atoms with Crippen LogP contribution in [0.15, 0.2) is 77.3 Å². The highest BCUT2D eigenvalue weighted by atomic mass is 79.9. The SMILES string of the molecule is CC.CCOC(OC)c1ccc(N(c2ccc(Br)cc2)c2ccc(C3OCCO3)cc2)cc1. The van der Waals surface area contributed by atoms with Crippen LogP contribution in [-0.2, 0) is 18.9 Å². The van der Waals surface area contributed by atoms with Crippen molar-refractivity contribution in [3.8, 4) is 0 Å². The lowest BCUT2D eigenvalue weighted by molar-refractivity contribution is -0.124. The Hall–Kier alpha value is -2.22. The standard InChI is InChI=1S/C25H26BrNO4.C2H6/c1-3-29-24(28-2)18-4-10-21(11-5-18)27(23-14-8-20(26)9-15-23)22-12-6-19(7-13-22)25-30-16-17-31-25;1-2/h4-15,24-25H,3,16-17H2,1-2H3;1-2H3. The number of ether oxygens (including phenoxy) is 4. The Bertz CT molecular complexity index is 955. The molecule has 0 aliphatic carbocycles. The summed E-state index contributed by atoms with van der Waals surface area (Å²) in [5, 5.41) is 0. The van der Waals surface area contributed by atoms with E-state index in [4.69, 9.17) is 18.9 Å². The first-order chi connectivity index (χ1) is 16.2. The summed E-state index contributed by atoms with van der Waals surface area (Å²) in [7, 11) is 1.65. The Morgan fingerprint density at radius 1 is 0.848 bits per heavy atom. The summed E-state index contributed by atoms with van der Waals surface area (Å²) in [5.74, 6) is 0. The minimum absolute atomic E-state index is 0.279. The molecule has 1 atom stereocenters. The van der Waals surface area contributed by atoms with Crippen LogP contribution in [0.4, 0.5) is 17.1 Å². The van der Waals surface area contributed by atoms with Gasteiger partial charge in [0.2, 0.25) is 0 Å². The Kier molecular flexibility index (Phi) is 9.91. The van der Waals surface area contributed by atoms with Gasteiger partial charge in [-0.05, 0) is 55.5 Å². The predicted octanol–water partition coefficient (Wildman–Crippen LogP) is 7.67. The fourth-order valence-electron chi connectivity index (χ4n) is 3.60. The van der Waals surface area contributed by atoms with Crippen LogP contribution in [0.3, 0.4) is 0 Å². The van der Waals surface area contributed by atoms with Crippen molar-refractivity contribution in [2.45, 2.75) is 33.4 Å². The number of hydrogen-bond donors (Lipinski definition) is 0. The van der Waals surface area contributed by atoms with E-state index in [9.17, 15) is 0 Å². The van der Waals surface area contributed by atoms with Gasteiger partial charge in [-0.25, -0.2) is 0 Å². The topological polar surface area (TPSA) is 40.2 Å². The summed E-state index contributed by atoms with van der Waals surface area (Å²) in [6, 6.07) is 24.8. The van der Waals surface area contributed by atoms with Gasteiger partial charge in [0.05, 0.1) is 13.2 Å². The molecule has 1 aliphatic rings. The number of rotatable bonds is 8. The highest BCUT2D eigenvalue weighted by Gasteiger charge is 2.19. The number of halogens is 1. The lowest BCUT2D eigenvalue weighted by Crippen LogP contribution is -2.11. The van der Waals surface area contributed by atoms with Crippen LogP contribution in [0.2, 0.25) is 0 Å². The number of benzene rings is 3. The Labute approximate surface area is 205 Å². The van der Waals surface area contributed by atoms with E-state index in [1.54, 1.807) is 7.11 Å². The van der Waals surface area contributed by atoms with Gasteiger partial charge in [-0.15, -0.1) is 0 Å². The summed E-state index contributed by atoms with van der Waals surface area (Å²) >= 11 is 3.53. The zero-order chi connectivity index (χ0) is 23.6. The molecule has 1 unspecified atom stereocenters. The normalized spacial score (nSPS) is 14.5. The van der Waals surface area contributed by atoms with E-state index in [0.29, 0.717) is 19.8 Å². The second-order valence-electron chi connectivity index (χ2n) is 7.09. The highest BCUT2D eigenvalue weighted by Crippen LogP contribution is 2.37. The third-order valence-corrected chi connectivity index (χ3v) is 5.61. The molecular weight excluding hydrogens is 482 g/mol. The molecule has 1 heterocycles. The molecule has 0 spiro atoms. The van der Waals surface area contributed by atoms with E-state index >= 15 is 0 Å². The van der Waals surface area contributed by atoms with Gasteiger partial charge in [-0.3, -0.25) is 0 Å². The second kappa shape index (κ2) is 12.9. The van der Waals surface area contributed by atoms with Crippen molar-refractivity contribution in [2.75, 3.05) is 31.8 Å². The lowest BCUT2D eigenvalue weighted by atomic mass is 10.1. The summed E-state index contributed by atoms with van der Waals surface area (Å²) in [5.41, 5.74) is 5.15. The molecule has 0 aromatic heterocycles. The molecule has 0 bridgehead atoms. The van der Waals surface area contributed by atoms with Crippen molar-refractivity contribution < 1.29 is 18.9 Å². The van der Waals surface area contributed by atoms with Crippen LogP contribution in [0.25, 0.3) is 0 Å². The maximum atomic E-state index is 5.66. The van der Waals surface area contributed by atoms with Gasteiger partial charge < -0.3 is 23.8 Å². The van der Waals surface area contributed by atoms with E-state index < -0.39 is 0 Å². The predicted molar refractivity (Wildman–Crippen MR) is 136 cm³/mol. The van der Waals surface area contributed by atoms with Crippen molar-refractivity contribution in [3.05, 3.63) is 88.4 Å². The number of anilines is 3. The van der Waals surface area contributed by atoms with Gasteiger partial charge in [0.1, 0.15) is 0 Å². The van der Waals surface area contributed by atoms with Crippen LogP contribution in [-0.4, -0.2) is 26.9 Å². The van der Waals surface area contributed by atoms with E-state index in [-0.39, 0.29) is 12.6 Å². The van der Waals surface area contributed by atoms with Crippen LogP contribution in [0.1, 0.15) is 44.5 Å². The monoisotopic (exact) mass is 513 g/mol. The number of nitrogens with zero attached hydrogens (tertiary/aromatic N) is 1. The molecule has 0 N–H and O–H groups in total. The van der Waals surface area contributed by atoms with Gasteiger partial charge in [0.25, 0.3) is 0 Å². The van der Waals surface area contributed by atoms with Crippen LogP contribution in [0, 0.1) is 0 Å². The smallest absolute Gasteiger partial charge is 0.184 e. The average molecular weight is 514 g/mol. The summed E-state index contributed by atoms with van der Waals surface area (Å²) in [4.78, 5) is 2.21. The number of methoxy groups -OCH3 is 1. The Morgan fingerprint density at radius 2 is 1.33 bits per heavy atom. The minimum Gasteiger partial charge on any atom is -0.352 e. The molecule has 3 aromatic carbocycles. The van der Waals surface area contributed by atoms with Crippen molar-refractivity contribution in [1.82, 2.24) is 0 Å². The minimum atomic E-state index is -0.370. The second-order valence-corrected chi connectivity index (χ2v) is 8.01. The first-order valence-corrected chi connectivity index (χ1v) is 12.1. The molecule has 1 fully saturated rings. The molecule has 0 saturated carbocycles. The van der Waals surface area contributed by atoms with Crippen molar-refractivity contribution in [1.29, 1.82) is 0 Å². The van der Waals surface area contributed by atoms with E-state index in [1.807, 2.05) is 45.0 Å². The zero-order valence-electron chi connectivity index (χ0n) is 19.7. The Balaban J connectivity index is 0.00000149. The lowest BCUT2D eigenvalue weighted by Gasteiger charge is -2.26. The third kappa shape index (κ3) is 6.43. The molecule has 0 radical (unpaired) electrons. The summed E-state index contributed by atoms with van der Waals surface area (Å²) in [6.07, 6.45) is -0.648. The van der Waals surface area contributed by atoms with E-state index in [0.717, 1.165) is 32.7 Å². The van der Waals surface area contributed by atoms with Crippen LogP contribution < -0.4 is 4.90 Å². The molecule has 176 valence electrons. The largest absolute Gasteiger partial charge is 0.352 e. The first-order valence-electron chi connectivity index (χ1n) is 11.3. The van der Waals surface area contributed by atoms with Crippen LogP contribution in [0.5, 0.6) is 0 Å². The zero-order valence-corrected chi connectivity index (χ0v) is 21.2. The maximum Gasteiger partial charge on any atom is 0.184 e. The van der Waals surface area contributed by atoms with Gasteiger partial charge >= 0.3 is 0 Å². The van der Waals surface area contributed by atoms with Gasteiger partial charge in [-0.2, -0.15) is 0 Å². The molecular formula is C27H32BrNO4. The molecule has 3 aromatic rings. The maximum absolute atomic E-state index is 5.66. The van der Waals surface area contributed by atoms with Gasteiger partial charge in [-0.1, -0.05) is 54.0 Å². The molecule has 5 nitrogen and oxygen atoms in total. The Morgan fingerprint density at radius 3 is 1.82 bits per heavy atom. The third-order valence-electron chi connectivity index (χ3n) is 5.09.